The van der Waals surface area contributed by atoms with Crippen molar-refractivity contribution >= 4 is 15.7 Å². The third-order valence-electron chi connectivity index (χ3n) is 2.50. The molecule has 1 heterocycles. The summed E-state index contributed by atoms with van der Waals surface area (Å²) in [7, 11) is -2.19. The predicted octanol–water partition coefficient (Wildman–Crippen LogP) is 1.76. The van der Waals surface area contributed by atoms with Gasteiger partial charge in [0.05, 0.1) is 7.11 Å². The van der Waals surface area contributed by atoms with Crippen LogP contribution in [0, 0.1) is 11.3 Å². The topological polar surface area (TPSA) is 92.1 Å². The first-order valence-corrected chi connectivity index (χ1v) is 7.06. The van der Waals surface area contributed by atoms with Gasteiger partial charge in [-0.2, -0.15) is 5.26 Å². The van der Waals surface area contributed by atoms with Gasteiger partial charge in [0.15, 0.2) is 0 Å². The molecule has 0 unspecified atom stereocenters. The van der Waals surface area contributed by atoms with Crippen LogP contribution in [0.2, 0.25) is 0 Å². The fraction of sp³-hybridized carbons (Fsp3) is 0.0769. The van der Waals surface area contributed by atoms with Gasteiger partial charge in [-0.25, -0.2) is 13.4 Å². The van der Waals surface area contributed by atoms with E-state index in [1.807, 2.05) is 6.07 Å². The first-order chi connectivity index (χ1) is 9.55. The molecule has 2 rings (SSSR count). The maximum absolute atomic E-state index is 12.1. The molecule has 1 N–H and O–H groups in total. The Morgan fingerprint density at radius 3 is 2.40 bits per heavy atom. The average molecular weight is 289 g/mol. The molecule has 1 aromatic heterocycles. The number of nitrogens with zero attached hydrogens (tertiary/aromatic N) is 2. The molecule has 102 valence electrons. The summed E-state index contributed by atoms with van der Waals surface area (Å²) in [5.41, 5.74) is 0.573. The van der Waals surface area contributed by atoms with Crippen molar-refractivity contribution in [2.45, 2.75) is 4.90 Å². The third kappa shape index (κ3) is 3.05. The summed E-state index contributed by atoms with van der Waals surface area (Å²) in [5, 5.41) is 8.63. The Morgan fingerprint density at radius 2 is 1.90 bits per heavy atom. The third-order valence-corrected chi connectivity index (χ3v) is 3.87. The van der Waals surface area contributed by atoms with Crippen molar-refractivity contribution < 1.29 is 13.2 Å². The molecule has 7 heteroatoms. The number of nitrogens with one attached hydrogen (secondary N) is 1. The molecule has 0 saturated carbocycles. The minimum absolute atomic E-state index is 0.00711. The maximum atomic E-state index is 12.1. The standard InChI is InChI=1S/C13H11N3O3S/c1-19-12-5-2-10(3-6-12)16-20(17,18)13-7-4-11(8-14)15-9-13/h2-7,9,16H,1H3. The summed E-state index contributed by atoms with van der Waals surface area (Å²) in [6, 6.07) is 11.0. The van der Waals surface area contributed by atoms with E-state index >= 15 is 0 Å². The Labute approximate surface area is 116 Å². The second-order valence-electron chi connectivity index (χ2n) is 3.82. The van der Waals surface area contributed by atoms with Crippen LogP contribution in [0.3, 0.4) is 0 Å². The molecule has 2 aromatic rings. The zero-order valence-electron chi connectivity index (χ0n) is 10.6. The largest absolute Gasteiger partial charge is 0.497 e. The molecular weight excluding hydrogens is 278 g/mol. The SMILES string of the molecule is COc1ccc(NS(=O)(=O)c2ccc(C#N)nc2)cc1. The number of rotatable bonds is 4. The van der Waals surface area contributed by atoms with E-state index in [0.717, 1.165) is 6.20 Å². The van der Waals surface area contributed by atoms with Crippen LogP contribution < -0.4 is 9.46 Å². The van der Waals surface area contributed by atoms with Crippen molar-refractivity contribution in [3.63, 3.8) is 0 Å². The molecule has 0 aliphatic carbocycles. The van der Waals surface area contributed by atoms with Gasteiger partial charge in [-0.1, -0.05) is 0 Å². The Morgan fingerprint density at radius 1 is 1.20 bits per heavy atom. The van der Waals surface area contributed by atoms with Crippen LogP contribution in [0.4, 0.5) is 5.69 Å². The highest BCUT2D eigenvalue weighted by Gasteiger charge is 2.14. The smallest absolute Gasteiger partial charge is 0.263 e. The van der Waals surface area contributed by atoms with Crippen LogP contribution in [0.5, 0.6) is 5.75 Å². The summed E-state index contributed by atoms with van der Waals surface area (Å²) in [4.78, 5) is 3.73. The Kier molecular flexibility index (Phi) is 3.86. The van der Waals surface area contributed by atoms with Crippen molar-refractivity contribution in [2.75, 3.05) is 11.8 Å². The number of aromatic nitrogens is 1. The van der Waals surface area contributed by atoms with Crippen molar-refractivity contribution in [1.82, 2.24) is 4.98 Å². The number of sulfonamides is 1. The molecule has 0 aliphatic rings. The summed E-state index contributed by atoms with van der Waals surface area (Å²) in [5.74, 6) is 0.632. The lowest BCUT2D eigenvalue weighted by atomic mass is 10.3. The quantitative estimate of drug-likeness (QED) is 0.926. The molecule has 0 spiro atoms. The number of methoxy groups -OCH3 is 1. The molecule has 0 saturated heterocycles. The number of anilines is 1. The van der Waals surface area contributed by atoms with E-state index in [9.17, 15) is 8.42 Å². The number of hydrogen-bond acceptors (Lipinski definition) is 5. The molecule has 0 bridgehead atoms. The Bertz CT molecular complexity index is 732. The predicted molar refractivity (Wildman–Crippen MR) is 72.8 cm³/mol. The summed E-state index contributed by atoms with van der Waals surface area (Å²) in [6.07, 6.45) is 1.14. The van der Waals surface area contributed by atoms with Crippen molar-refractivity contribution in [3.05, 3.63) is 48.3 Å². The lowest BCUT2D eigenvalue weighted by molar-refractivity contribution is 0.415. The van der Waals surface area contributed by atoms with Crippen molar-refractivity contribution in [1.29, 1.82) is 5.26 Å². The number of nitriles is 1. The van der Waals surface area contributed by atoms with Gasteiger partial charge in [-0.3, -0.25) is 4.72 Å². The molecule has 0 atom stereocenters. The minimum Gasteiger partial charge on any atom is -0.497 e. The van der Waals surface area contributed by atoms with Crippen LogP contribution in [-0.2, 0) is 10.0 Å². The van der Waals surface area contributed by atoms with E-state index < -0.39 is 10.0 Å². The Balaban J connectivity index is 2.23. The van der Waals surface area contributed by atoms with Gasteiger partial charge < -0.3 is 4.74 Å². The molecule has 1 aromatic carbocycles. The monoisotopic (exact) mass is 289 g/mol. The van der Waals surface area contributed by atoms with Gasteiger partial charge in [0.2, 0.25) is 0 Å². The Hall–Kier alpha value is -2.59. The fourth-order valence-corrected chi connectivity index (χ4v) is 2.48. The van der Waals surface area contributed by atoms with Gasteiger partial charge in [-0.15, -0.1) is 0 Å². The molecule has 0 fully saturated rings. The second kappa shape index (κ2) is 5.59. The van der Waals surface area contributed by atoms with Crippen LogP contribution >= 0.6 is 0 Å². The van der Waals surface area contributed by atoms with E-state index in [4.69, 9.17) is 10.00 Å². The number of pyridine rings is 1. The van der Waals surface area contributed by atoms with E-state index in [2.05, 4.69) is 9.71 Å². The molecule has 0 amide bonds. The van der Waals surface area contributed by atoms with Gasteiger partial charge in [0.1, 0.15) is 22.4 Å². The fourth-order valence-electron chi connectivity index (χ4n) is 1.48. The lowest BCUT2D eigenvalue weighted by Crippen LogP contribution is -2.13. The average Bonchev–Trinajstić information content (AvgIpc) is 2.48. The van der Waals surface area contributed by atoms with Crippen molar-refractivity contribution in [2.24, 2.45) is 0 Å². The summed E-state index contributed by atoms with van der Waals surface area (Å²) >= 11 is 0. The number of benzene rings is 1. The van der Waals surface area contributed by atoms with Crippen molar-refractivity contribution in [3.8, 4) is 11.8 Å². The molecular formula is C13H11N3O3S. The molecule has 6 nitrogen and oxygen atoms in total. The van der Waals surface area contributed by atoms with Crippen LogP contribution in [-0.4, -0.2) is 20.5 Å². The minimum atomic E-state index is -3.72. The first kappa shape index (κ1) is 13.8. The van der Waals surface area contributed by atoms with E-state index in [-0.39, 0.29) is 10.6 Å². The van der Waals surface area contributed by atoms with Crippen LogP contribution in [0.1, 0.15) is 5.69 Å². The molecule has 0 radical (unpaired) electrons. The number of hydrogen-bond donors (Lipinski definition) is 1. The van der Waals surface area contributed by atoms with Gasteiger partial charge in [0, 0.05) is 11.9 Å². The van der Waals surface area contributed by atoms with E-state index in [0.29, 0.717) is 11.4 Å². The second-order valence-corrected chi connectivity index (χ2v) is 5.51. The highest BCUT2D eigenvalue weighted by molar-refractivity contribution is 7.92. The zero-order valence-corrected chi connectivity index (χ0v) is 11.4. The zero-order chi connectivity index (χ0) is 14.6. The van der Waals surface area contributed by atoms with Gasteiger partial charge >= 0.3 is 0 Å². The maximum Gasteiger partial charge on any atom is 0.263 e. The highest BCUT2D eigenvalue weighted by Crippen LogP contribution is 2.18. The molecule has 20 heavy (non-hydrogen) atoms. The first-order valence-electron chi connectivity index (χ1n) is 5.58. The van der Waals surface area contributed by atoms with Gasteiger partial charge in [0.25, 0.3) is 10.0 Å². The normalized spacial score (nSPS) is 10.6. The lowest BCUT2D eigenvalue weighted by Gasteiger charge is -2.08. The van der Waals surface area contributed by atoms with E-state index in [1.165, 1.54) is 19.2 Å². The number of ether oxygens (including phenoxy) is 1. The molecule has 0 aliphatic heterocycles. The summed E-state index contributed by atoms with van der Waals surface area (Å²) < 4.78 is 31.6. The highest BCUT2D eigenvalue weighted by atomic mass is 32.2. The van der Waals surface area contributed by atoms with Gasteiger partial charge in [-0.05, 0) is 36.4 Å². The van der Waals surface area contributed by atoms with Crippen LogP contribution in [0.25, 0.3) is 0 Å². The van der Waals surface area contributed by atoms with E-state index in [1.54, 1.807) is 24.3 Å². The van der Waals surface area contributed by atoms with Crippen LogP contribution in [0.15, 0.2) is 47.5 Å². The summed E-state index contributed by atoms with van der Waals surface area (Å²) in [6.45, 7) is 0.